The number of hydrogen-bond donors (Lipinski definition) is 0. The van der Waals surface area contributed by atoms with Crippen molar-refractivity contribution < 1.29 is 4.92 Å². The van der Waals surface area contributed by atoms with Gasteiger partial charge in [-0.1, -0.05) is 11.3 Å². The van der Waals surface area contributed by atoms with Crippen molar-refractivity contribution in [1.82, 2.24) is 4.57 Å². The molecule has 6 nitrogen and oxygen atoms in total. The fourth-order valence-corrected chi connectivity index (χ4v) is 2.94. The lowest BCUT2D eigenvalue weighted by atomic mass is 10.2. The van der Waals surface area contributed by atoms with Crippen LogP contribution in [0.2, 0.25) is 0 Å². The molecule has 0 amide bonds. The molecule has 7 heteroatoms. The molecule has 1 aromatic heterocycles. The highest BCUT2D eigenvalue weighted by Crippen LogP contribution is 2.12. The van der Waals surface area contributed by atoms with Gasteiger partial charge in [0.15, 0.2) is 4.80 Å². The summed E-state index contributed by atoms with van der Waals surface area (Å²) in [5.74, 6) is 0. The molecule has 0 atom stereocenters. The van der Waals surface area contributed by atoms with Crippen LogP contribution in [0.1, 0.15) is 5.56 Å². The highest BCUT2D eigenvalue weighted by Gasteiger charge is 2.09. The molecule has 0 saturated carbocycles. The van der Waals surface area contributed by atoms with Crippen LogP contribution in [0, 0.1) is 10.1 Å². The minimum atomic E-state index is -0.447. The van der Waals surface area contributed by atoms with Gasteiger partial charge in [0.25, 0.3) is 11.2 Å². The third kappa shape index (κ3) is 2.08. The molecule has 2 aromatic rings. The summed E-state index contributed by atoms with van der Waals surface area (Å²) in [5.41, 5.74) is 0.764. The average Bonchev–Trinajstić information content (AvgIpc) is 2.95. The van der Waals surface area contributed by atoms with Crippen molar-refractivity contribution >= 4 is 23.1 Å². The highest BCUT2D eigenvalue weighted by molar-refractivity contribution is 7.07. The summed E-state index contributed by atoms with van der Waals surface area (Å²) in [6, 6.07) is 6.11. The van der Waals surface area contributed by atoms with E-state index >= 15 is 0 Å². The van der Waals surface area contributed by atoms with Crippen molar-refractivity contribution in [1.29, 1.82) is 0 Å². The Hall–Kier alpha value is -2.28. The maximum absolute atomic E-state index is 12.0. The summed E-state index contributed by atoms with van der Waals surface area (Å²) in [7, 11) is 0. The molecule has 0 unspecified atom stereocenters. The maximum atomic E-state index is 12.0. The largest absolute Gasteiger partial charge is 0.282 e. The van der Waals surface area contributed by atoms with Gasteiger partial charge in [-0.2, -0.15) is 0 Å². The van der Waals surface area contributed by atoms with E-state index in [2.05, 4.69) is 4.99 Å². The monoisotopic (exact) mass is 275 g/mol. The van der Waals surface area contributed by atoms with Crippen molar-refractivity contribution in [3.8, 4) is 0 Å². The quantitative estimate of drug-likeness (QED) is 0.583. The summed E-state index contributed by atoms with van der Waals surface area (Å²) in [6.07, 6.45) is 1.73. The zero-order valence-corrected chi connectivity index (χ0v) is 10.6. The molecule has 1 aromatic carbocycles. The SMILES string of the molecule is O=c1/c(=C\c2ccc([N+](=O)[O-])cc2)sc2n1CCN=2. The number of nitro benzene ring substituents is 1. The molecule has 2 heterocycles. The van der Waals surface area contributed by atoms with E-state index < -0.39 is 4.92 Å². The lowest BCUT2D eigenvalue weighted by Gasteiger charge is -1.92. The van der Waals surface area contributed by atoms with E-state index in [0.29, 0.717) is 17.6 Å². The first-order valence-electron chi connectivity index (χ1n) is 5.65. The summed E-state index contributed by atoms with van der Waals surface area (Å²) >= 11 is 1.35. The minimum absolute atomic E-state index is 0.0394. The van der Waals surface area contributed by atoms with Crippen LogP contribution in [-0.4, -0.2) is 16.0 Å². The summed E-state index contributed by atoms with van der Waals surface area (Å²) < 4.78 is 2.26. The fraction of sp³-hybridized carbons (Fsp3) is 0.167. The van der Waals surface area contributed by atoms with Crippen molar-refractivity contribution in [3.05, 3.63) is 59.6 Å². The van der Waals surface area contributed by atoms with E-state index in [1.54, 1.807) is 22.8 Å². The second-order valence-corrected chi connectivity index (χ2v) is 5.09. The highest BCUT2D eigenvalue weighted by atomic mass is 32.1. The smallest absolute Gasteiger partial charge is 0.270 e. The topological polar surface area (TPSA) is 77.5 Å². The molecule has 0 saturated heterocycles. The van der Waals surface area contributed by atoms with Crippen LogP contribution in [0.25, 0.3) is 6.08 Å². The number of nitrogens with zero attached hydrogens (tertiary/aromatic N) is 3. The van der Waals surface area contributed by atoms with E-state index in [-0.39, 0.29) is 11.2 Å². The number of nitro groups is 1. The predicted molar refractivity (Wildman–Crippen MR) is 70.9 cm³/mol. The van der Waals surface area contributed by atoms with E-state index in [1.165, 1.54) is 23.5 Å². The number of thiazole rings is 1. The van der Waals surface area contributed by atoms with Crippen molar-refractivity contribution in [2.45, 2.75) is 6.54 Å². The third-order valence-corrected chi connectivity index (χ3v) is 3.90. The lowest BCUT2D eigenvalue weighted by molar-refractivity contribution is -0.384. The molecular formula is C12H9N3O3S. The molecule has 0 aliphatic carbocycles. The summed E-state index contributed by atoms with van der Waals surface area (Å²) in [4.78, 5) is 27.1. The number of fused-ring (bicyclic) bond motifs is 1. The van der Waals surface area contributed by atoms with Gasteiger partial charge in [0.05, 0.1) is 16.0 Å². The van der Waals surface area contributed by atoms with Crippen LogP contribution in [0.3, 0.4) is 0 Å². The molecule has 19 heavy (non-hydrogen) atoms. The van der Waals surface area contributed by atoms with Gasteiger partial charge in [0, 0.05) is 18.7 Å². The van der Waals surface area contributed by atoms with Crippen LogP contribution in [0.5, 0.6) is 0 Å². The number of benzene rings is 1. The summed E-state index contributed by atoms with van der Waals surface area (Å²) in [6.45, 7) is 1.30. The predicted octanol–water partition coefficient (Wildman–Crippen LogP) is 0.280. The van der Waals surface area contributed by atoms with Gasteiger partial charge in [-0.3, -0.25) is 24.5 Å². The maximum Gasteiger partial charge on any atom is 0.270 e. The van der Waals surface area contributed by atoms with Gasteiger partial charge in [-0.15, -0.1) is 0 Å². The molecule has 0 N–H and O–H groups in total. The minimum Gasteiger partial charge on any atom is -0.282 e. The molecule has 0 fully saturated rings. The molecule has 3 rings (SSSR count). The van der Waals surface area contributed by atoms with Gasteiger partial charge < -0.3 is 0 Å². The second-order valence-electron chi connectivity index (χ2n) is 4.08. The average molecular weight is 275 g/mol. The molecule has 0 spiro atoms. The van der Waals surface area contributed by atoms with Gasteiger partial charge in [0.1, 0.15) is 0 Å². The normalized spacial score (nSPS) is 14.2. The van der Waals surface area contributed by atoms with Crippen LogP contribution >= 0.6 is 11.3 Å². The standard InChI is InChI=1S/C12H9N3O3S/c16-11-10(19-12-13-5-6-14(11)12)7-8-1-3-9(4-2-8)15(17)18/h1-4,7H,5-6H2/b10-7+. The molecule has 1 aliphatic rings. The van der Waals surface area contributed by atoms with Crippen LogP contribution < -0.4 is 14.9 Å². The van der Waals surface area contributed by atoms with E-state index in [9.17, 15) is 14.9 Å². The van der Waals surface area contributed by atoms with Gasteiger partial charge in [-0.05, 0) is 23.8 Å². The first-order valence-corrected chi connectivity index (χ1v) is 6.47. The number of non-ortho nitro benzene ring substituents is 1. The van der Waals surface area contributed by atoms with Crippen molar-refractivity contribution in [3.63, 3.8) is 0 Å². The Kier molecular flexibility index (Phi) is 2.75. The first kappa shape index (κ1) is 11.8. The van der Waals surface area contributed by atoms with Crippen molar-refractivity contribution in [2.24, 2.45) is 4.99 Å². The molecular weight excluding hydrogens is 266 g/mol. The molecule has 1 aliphatic heterocycles. The Morgan fingerprint density at radius 1 is 1.37 bits per heavy atom. The summed E-state index contributed by atoms with van der Waals surface area (Å²) in [5, 5.41) is 10.6. The Bertz CT molecular complexity index is 817. The number of rotatable bonds is 2. The molecule has 0 radical (unpaired) electrons. The molecule has 96 valence electrons. The third-order valence-electron chi connectivity index (χ3n) is 2.86. The fourth-order valence-electron chi connectivity index (χ4n) is 1.91. The van der Waals surface area contributed by atoms with E-state index in [0.717, 1.165) is 10.4 Å². The zero-order valence-electron chi connectivity index (χ0n) is 9.78. The Morgan fingerprint density at radius 2 is 2.11 bits per heavy atom. The van der Waals surface area contributed by atoms with Crippen LogP contribution in [0.4, 0.5) is 5.69 Å². The van der Waals surface area contributed by atoms with E-state index in [4.69, 9.17) is 0 Å². The first-order chi connectivity index (χ1) is 9.15. The van der Waals surface area contributed by atoms with Gasteiger partial charge in [0.2, 0.25) is 0 Å². The van der Waals surface area contributed by atoms with Gasteiger partial charge in [-0.25, -0.2) is 0 Å². The van der Waals surface area contributed by atoms with Crippen LogP contribution in [0.15, 0.2) is 34.1 Å². The zero-order chi connectivity index (χ0) is 13.4. The van der Waals surface area contributed by atoms with Gasteiger partial charge >= 0.3 is 0 Å². The molecule has 0 bridgehead atoms. The lowest BCUT2D eigenvalue weighted by Crippen LogP contribution is -2.29. The Morgan fingerprint density at radius 3 is 2.74 bits per heavy atom. The van der Waals surface area contributed by atoms with Crippen molar-refractivity contribution in [2.75, 3.05) is 6.54 Å². The van der Waals surface area contributed by atoms with E-state index in [1.807, 2.05) is 0 Å². The number of aromatic nitrogens is 1. The second kappa shape index (κ2) is 4.43. The number of hydrogen-bond acceptors (Lipinski definition) is 5. The Labute approximate surface area is 111 Å². The Balaban J connectivity index is 2.07. The van der Waals surface area contributed by atoms with Crippen LogP contribution in [-0.2, 0) is 6.54 Å².